The van der Waals surface area contributed by atoms with Crippen LogP contribution in [0.5, 0.6) is 0 Å². The summed E-state index contributed by atoms with van der Waals surface area (Å²) in [6, 6.07) is -0.0559. The van der Waals surface area contributed by atoms with Crippen LogP contribution >= 0.6 is 0 Å². The van der Waals surface area contributed by atoms with Gasteiger partial charge in [-0.05, 0) is 26.2 Å². The van der Waals surface area contributed by atoms with Crippen LogP contribution in [0.4, 0.5) is 4.79 Å². The van der Waals surface area contributed by atoms with Crippen LogP contribution < -0.4 is 5.32 Å². The topological polar surface area (TPSA) is 60.0 Å². The fraction of sp³-hybridized carbons (Fsp3) is 0.929. The fourth-order valence-electron chi connectivity index (χ4n) is 2.27. The molecule has 1 unspecified atom stereocenters. The van der Waals surface area contributed by atoms with E-state index in [1.54, 1.807) is 4.90 Å². The summed E-state index contributed by atoms with van der Waals surface area (Å²) in [7, 11) is -2.90. The van der Waals surface area contributed by atoms with E-state index in [9.17, 15) is 4.79 Å². The second-order valence-electron chi connectivity index (χ2n) is 5.25. The van der Waals surface area contributed by atoms with Crippen molar-refractivity contribution in [3.63, 3.8) is 0 Å². The second-order valence-corrected chi connectivity index (χ2v) is 8.16. The molecule has 1 rings (SSSR count). The largest absolute Gasteiger partial charge is 0.524 e. The van der Waals surface area contributed by atoms with E-state index >= 15 is 0 Å². The number of carbonyl (C=O) groups excluding carboxylic acids is 1. The zero-order chi connectivity index (χ0) is 15.7. The van der Waals surface area contributed by atoms with E-state index < -0.39 is 8.80 Å². The molecule has 0 bridgehead atoms. The Morgan fingerprint density at radius 2 is 1.57 bits per heavy atom. The molecule has 0 aromatic heterocycles. The van der Waals surface area contributed by atoms with Gasteiger partial charge in [0, 0.05) is 32.9 Å². The quantitative estimate of drug-likeness (QED) is 0.593. The van der Waals surface area contributed by atoms with Gasteiger partial charge in [-0.2, -0.15) is 0 Å². The maximum atomic E-state index is 12.0. The van der Waals surface area contributed by atoms with Gasteiger partial charge in [-0.1, -0.05) is 20.8 Å². The van der Waals surface area contributed by atoms with Gasteiger partial charge in [0.25, 0.3) is 0 Å². The molecule has 1 atom stereocenters. The molecule has 1 saturated heterocycles. The van der Waals surface area contributed by atoms with Gasteiger partial charge in [0.05, 0.1) is 0 Å². The van der Waals surface area contributed by atoms with Gasteiger partial charge in [0.2, 0.25) is 0 Å². The van der Waals surface area contributed by atoms with Crippen LogP contribution in [0.1, 0.15) is 47.0 Å². The number of amides is 2. The van der Waals surface area contributed by atoms with Crippen molar-refractivity contribution in [3.05, 3.63) is 0 Å². The van der Waals surface area contributed by atoms with E-state index in [-0.39, 0.29) is 11.7 Å². The summed E-state index contributed by atoms with van der Waals surface area (Å²) < 4.78 is 18.2. The van der Waals surface area contributed by atoms with Crippen molar-refractivity contribution in [3.8, 4) is 0 Å². The third kappa shape index (κ3) is 4.95. The van der Waals surface area contributed by atoms with Crippen LogP contribution in [0.2, 0.25) is 0 Å². The van der Waals surface area contributed by atoms with E-state index in [4.69, 9.17) is 13.3 Å². The molecule has 0 aliphatic carbocycles. The van der Waals surface area contributed by atoms with Crippen molar-refractivity contribution in [2.24, 2.45) is 0 Å². The van der Waals surface area contributed by atoms with Gasteiger partial charge >= 0.3 is 14.8 Å². The summed E-state index contributed by atoms with van der Waals surface area (Å²) in [4.78, 5) is 13.7. The number of rotatable bonds is 11. The molecule has 7 heteroatoms. The molecule has 1 aliphatic heterocycles. The molecule has 1 aliphatic rings. The minimum atomic E-state index is -2.90. The average Bonchev–Trinajstić information content (AvgIpc) is 2.92. The molecule has 0 aromatic carbocycles. The molecular formula is C14H30N2O4Si. The lowest BCUT2D eigenvalue weighted by atomic mass is 10.5. The summed E-state index contributed by atoms with van der Waals surface area (Å²) >= 11 is 0. The Morgan fingerprint density at radius 1 is 1.10 bits per heavy atom. The minimum Gasteiger partial charge on any atom is -0.372 e. The smallest absolute Gasteiger partial charge is 0.372 e. The molecule has 2 amide bonds. The zero-order valence-corrected chi connectivity index (χ0v) is 14.8. The number of hydrogen-bond donors (Lipinski definition) is 1. The molecule has 124 valence electrons. The van der Waals surface area contributed by atoms with Crippen LogP contribution in [0.3, 0.4) is 0 Å². The van der Waals surface area contributed by atoms with Crippen molar-refractivity contribution < 1.29 is 18.1 Å². The Labute approximate surface area is 129 Å². The van der Waals surface area contributed by atoms with Gasteiger partial charge in [0.15, 0.2) is 0 Å². The van der Waals surface area contributed by atoms with Crippen LogP contribution in [-0.2, 0) is 13.3 Å². The van der Waals surface area contributed by atoms with Gasteiger partial charge in [-0.25, -0.2) is 4.79 Å². The second kappa shape index (κ2) is 9.40. The van der Waals surface area contributed by atoms with Crippen molar-refractivity contribution in [2.45, 2.75) is 52.6 Å². The van der Waals surface area contributed by atoms with Gasteiger partial charge in [-0.15, -0.1) is 0 Å². The number of nitrogens with zero attached hydrogens (tertiary/aromatic N) is 1. The molecule has 0 spiro atoms. The summed E-state index contributed by atoms with van der Waals surface area (Å²) in [6.45, 7) is 11.3. The number of nitrogens with one attached hydrogen (secondary N) is 1. The van der Waals surface area contributed by atoms with Crippen molar-refractivity contribution >= 4 is 14.8 Å². The first-order valence-electron chi connectivity index (χ1n) is 8.07. The lowest BCUT2D eigenvalue weighted by Crippen LogP contribution is -2.62. The van der Waals surface area contributed by atoms with E-state index in [1.165, 1.54) is 0 Å². The first kappa shape index (κ1) is 18.4. The Kier molecular flexibility index (Phi) is 8.24. The van der Waals surface area contributed by atoms with Crippen molar-refractivity contribution in [1.82, 2.24) is 10.2 Å². The normalized spacial score (nSPS) is 17.1. The van der Waals surface area contributed by atoms with E-state index in [1.807, 2.05) is 6.92 Å². The summed E-state index contributed by atoms with van der Waals surface area (Å²) in [6.07, 6.45) is 2.70. The number of hydrogen-bond acceptors (Lipinski definition) is 4. The highest BCUT2D eigenvalue weighted by atomic mass is 28.4. The SMILES string of the molecule is CCCO[Si](OCCC)(OCCC)C(C)N1CCNC1=O. The minimum absolute atomic E-state index is 0.0559. The van der Waals surface area contributed by atoms with Crippen LogP contribution in [-0.4, -0.2) is 58.3 Å². The Hall–Kier alpha value is -0.633. The average molecular weight is 318 g/mol. The molecule has 0 radical (unpaired) electrons. The third-order valence-electron chi connectivity index (χ3n) is 3.39. The lowest BCUT2D eigenvalue weighted by Gasteiger charge is -2.37. The number of urea groups is 1. The molecule has 0 aromatic rings. The molecule has 0 saturated carbocycles. The summed E-state index contributed by atoms with van der Waals surface area (Å²) in [5, 5.41) is 2.83. The lowest BCUT2D eigenvalue weighted by molar-refractivity contribution is 0.0368. The van der Waals surface area contributed by atoms with E-state index in [2.05, 4.69) is 26.1 Å². The van der Waals surface area contributed by atoms with E-state index in [0.717, 1.165) is 19.3 Å². The maximum absolute atomic E-state index is 12.0. The van der Waals surface area contributed by atoms with Gasteiger partial charge in [0.1, 0.15) is 5.67 Å². The molecule has 1 fully saturated rings. The first-order valence-corrected chi connectivity index (χ1v) is 9.87. The first-order chi connectivity index (χ1) is 10.1. The van der Waals surface area contributed by atoms with Gasteiger partial charge < -0.3 is 23.5 Å². The van der Waals surface area contributed by atoms with E-state index in [0.29, 0.717) is 32.9 Å². The molecule has 21 heavy (non-hydrogen) atoms. The Balaban J connectivity index is 2.89. The summed E-state index contributed by atoms with van der Waals surface area (Å²) in [5.41, 5.74) is -0.162. The monoisotopic (exact) mass is 318 g/mol. The molecule has 1 N–H and O–H groups in total. The standard InChI is InChI=1S/C14H30N2O4Si/c1-5-10-18-21(19-11-6-2,20-12-7-3)13(4)16-9-8-15-14(16)17/h13H,5-12H2,1-4H3,(H,15,17). The Bertz CT molecular complexity index is 296. The maximum Gasteiger partial charge on any atom is 0.524 e. The predicted molar refractivity (Wildman–Crippen MR) is 84.0 cm³/mol. The van der Waals surface area contributed by atoms with Crippen LogP contribution in [0.15, 0.2) is 0 Å². The van der Waals surface area contributed by atoms with Crippen molar-refractivity contribution in [2.75, 3.05) is 32.9 Å². The highest BCUT2D eigenvalue weighted by molar-refractivity contribution is 6.62. The third-order valence-corrected chi connectivity index (χ3v) is 6.55. The predicted octanol–water partition coefficient (Wildman–Crippen LogP) is 2.16. The fourth-order valence-corrected chi connectivity index (χ4v) is 5.33. The molecule has 1 heterocycles. The van der Waals surface area contributed by atoms with Gasteiger partial charge in [-0.3, -0.25) is 0 Å². The van der Waals surface area contributed by atoms with Crippen LogP contribution in [0.25, 0.3) is 0 Å². The highest BCUT2D eigenvalue weighted by Crippen LogP contribution is 2.22. The van der Waals surface area contributed by atoms with Crippen LogP contribution in [0, 0.1) is 0 Å². The van der Waals surface area contributed by atoms with Crippen molar-refractivity contribution in [1.29, 1.82) is 0 Å². The molecule has 6 nitrogen and oxygen atoms in total. The molecular weight excluding hydrogens is 288 g/mol. The summed E-state index contributed by atoms with van der Waals surface area (Å²) in [5.74, 6) is 0. The Morgan fingerprint density at radius 3 is 1.90 bits per heavy atom. The zero-order valence-electron chi connectivity index (χ0n) is 13.8. The number of carbonyl (C=O) groups is 1. The highest BCUT2D eigenvalue weighted by Gasteiger charge is 2.52.